The van der Waals surface area contributed by atoms with Crippen molar-refractivity contribution in [3.63, 3.8) is 0 Å². The van der Waals surface area contributed by atoms with Crippen LogP contribution >= 0.6 is 0 Å². The molecule has 1 spiro atoms. The summed E-state index contributed by atoms with van der Waals surface area (Å²) in [7, 11) is 0. The van der Waals surface area contributed by atoms with Crippen LogP contribution in [0.5, 0.6) is 0 Å². The quantitative estimate of drug-likeness (QED) is 0.426. The molecule has 2 aliphatic rings. The van der Waals surface area contributed by atoms with Gasteiger partial charge in [0.25, 0.3) is 0 Å². The van der Waals surface area contributed by atoms with Crippen molar-refractivity contribution in [3.8, 4) is 0 Å². The molecule has 3 aromatic rings. The standard InChI is InChI=1S/C25H24F2N4O4/c26-19-6-5-18(11-20(19)27)29-24-31-30-22(35-24)21(32)28-17-3-1-14(2-4-17)15-7-9-25(10-8-15)12-16(13-25)23(33)34/h1-6,11,15-16H,7-10,12-13H2,(H,28,32)(H,29,31)(H,33,34). The van der Waals surface area contributed by atoms with E-state index in [9.17, 15) is 18.4 Å². The lowest BCUT2D eigenvalue weighted by Crippen LogP contribution is -2.43. The molecule has 3 N–H and O–H groups in total. The van der Waals surface area contributed by atoms with Gasteiger partial charge in [0.1, 0.15) is 0 Å². The van der Waals surface area contributed by atoms with Crippen molar-refractivity contribution in [2.45, 2.75) is 44.4 Å². The van der Waals surface area contributed by atoms with E-state index in [0.717, 1.165) is 50.7 Å². The molecule has 0 radical (unpaired) electrons. The Morgan fingerprint density at radius 3 is 2.31 bits per heavy atom. The van der Waals surface area contributed by atoms with Crippen LogP contribution in [0.15, 0.2) is 46.9 Å². The number of hydrogen-bond donors (Lipinski definition) is 3. The number of halogens is 2. The minimum atomic E-state index is -1.03. The zero-order valence-electron chi connectivity index (χ0n) is 18.8. The van der Waals surface area contributed by atoms with Crippen molar-refractivity contribution < 1.29 is 27.9 Å². The summed E-state index contributed by atoms with van der Waals surface area (Å²) in [6.45, 7) is 0. The molecule has 0 unspecified atom stereocenters. The fourth-order valence-corrected chi connectivity index (χ4v) is 5.22. The molecule has 2 aliphatic carbocycles. The molecule has 0 aliphatic heterocycles. The lowest BCUT2D eigenvalue weighted by atomic mass is 9.54. The Morgan fingerprint density at radius 1 is 0.971 bits per heavy atom. The second-order valence-electron chi connectivity index (χ2n) is 9.46. The average Bonchev–Trinajstić information content (AvgIpc) is 3.29. The van der Waals surface area contributed by atoms with Gasteiger partial charge in [0.05, 0.1) is 5.92 Å². The predicted molar refractivity (Wildman–Crippen MR) is 122 cm³/mol. The van der Waals surface area contributed by atoms with Crippen molar-refractivity contribution >= 4 is 29.3 Å². The molecule has 182 valence electrons. The lowest BCUT2D eigenvalue weighted by Gasteiger charge is -2.50. The molecule has 0 saturated heterocycles. The monoisotopic (exact) mass is 482 g/mol. The van der Waals surface area contributed by atoms with Crippen LogP contribution in [0.2, 0.25) is 0 Å². The fourth-order valence-electron chi connectivity index (χ4n) is 5.22. The number of rotatable bonds is 6. The maximum Gasteiger partial charge on any atom is 0.320 e. The Kier molecular flexibility index (Phi) is 5.96. The zero-order chi connectivity index (χ0) is 24.6. The molecule has 1 heterocycles. The molecule has 10 heteroatoms. The van der Waals surface area contributed by atoms with E-state index >= 15 is 0 Å². The summed E-state index contributed by atoms with van der Waals surface area (Å²) in [4.78, 5) is 23.6. The first kappa shape index (κ1) is 22.9. The van der Waals surface area contributed by atoms with Gasteiger partial charge in [-0.2, -0.15) is 0 Å². The van der Waals surface area contributed by atoms with E-state index in [4.69, 9.17) is 9.52 Å². The summed E-state index contributed by atoms with van der Waals surface area (Å²) in [5.41, 5.74) is 2.18. The SMILES string of the molecule is O=C(Nc1ccc(C2CCC3(CC2)CC(C(=O)O)C3)cc1)c1nnc(Nc2ccc(F)c(F)c2)o1. The summed E-state index contributed by atoms with van der Waals surface area (Å²) in [6.07, 6.45) is 5.78. The molecule has 5 rings (SSSR count). The lowest BCUT2D eigenvalue weighted by molar-refractivity contribution is -0.151. The number of aromatic nitrogens is 2. The van der Waals surface area contributed by atoms with E-state index < -0.39 is 23.5 Å². The number of aliphatic carboxylic acids is 1. The number of nitrogens with one attached hydrogen (secondary N) is 2. The summed E-state index contributed by atoms with van der Waals surface area (Å²) in [6, 6.07) is 10.7. The van der Waals surface area contributed by atoms with Crippen LogP contribution in [0.25, 0.3) is 0 Å². The van der Waals surface area contributed by atoms with Crippen molar-refractivity contribution in [3.05, 3.63) is 65.6 Å². The van der Waals surface area contributed by atoms with E-state index in [1.54, 1.807) is 0 Å². The molecular formula is C25H24F2N4O4. The number of anilines is 3. The molecule has 8 nitrogen and oxygen atoms in total. The van der Waals surface area contributed by atoms with Crippen LogP contribution < -0.4 is 10.6 Å². The molecule has 1 amide bonds. The Hall–Kier alpha value is -3.82. The van der Waals surface area contributed by atoms with Crippen LogP contribution in [0.4, 0.5) is 26.2 Å². The third-order valence-corrected chi connectivity index (χ3v) is 7.18. The van der Waals surface area contributed by atoms with Gasteiger partial charge in [-0.15, -0.1) is 5.10 Å². The first-order valence-electron chi connectivity index (χ1n) is 11.5. The second kappa shape index (κ2) is 9.09. The van der Waals surface area contributed by atoms with Crippen molar-refractivity contribution in [1.82, 2.24) is 10.2 Å². The summed E-state index contributed by atoms with van der Waals surface area (Å²) >= 11 is 0. The Morgan fingerprint density at radius 2 is 1.66 bits per heavy atom. The highest BCUT2D eigenvalue weighted by Crippen LogP contribution is 2.57. The third kappa shape index (κ3) is 4.87. The minimum absolute atomic E-state index is 0.132. The number of amides is 1. The van der Waals surface area contributed by atoms with Gasteiger partial charge in [-0.3, -0.25) is 9.59 Å². The van der Waals surface area contributed by atoms with Crippen LogP contribution in [0.3, 0.4) is 0 Å². The molecule has 2 saturated carbocycles. The number of benzene rings is 2. The topological polar surface area (TPSA) is 117 Å². The van der Waals surface area contributed by atoms with Gasteiger partial charge in [-0.1, -0.05) is 17.2 Å². The van der Waals surface area contributed by atoms with Gasteiger partial charge in [-0.05, 0) is 79.7 Å². The molecule has 2 aromatic carbocycles. The number of carboxylic acid groups (broad SMARTS) is 1. The van der Waals surface area contributed by atoms with Gasteiger partial charge >= 0.3 is 23.8 Å². The van der Waals surface area contributed by atoms with Crippen LogP contribution in [0.1, 0.15) is 60.7 Å². The highest BCUT2D eigenvalue weighted by atomic mass is 19.2. The highest BCUT2D eigenvalue weighted by molar-refractivity contribution is 6.00. The Labute approximate surface area is 199 Å². The average molecular weight is 482 g/mol. The van der Waals surface area contributed by atoms with Gasteiger partial charge < -0.3 is 20.2 Å². The number of hydrogen-bond acceptors (Lipinski definition) is 6. The normalized spacial score (nSPS) is 23.5. The second-order valence-corrected chi connectivity index (χ2v) is 9.46. The minimum Gasteiger partial charge on any atom is -0.481 e. The van der Waals surface area contributed by atoms with E-state index in [2.05, 4.69) is 20.8 Å². The number of carboxylic acids is 1. The first-order valence-corrected chi connectivity index (χ1v) is 11.5. The van der Waals surface area contributed by atoms with Crippen molar-refractivity contribution in [2.75, 3.05) is 10.6 Å². The maximum atomic E-state index is 13.3. The van der Waals surface area contributed by atoms with Gasteiger partial charge in [-0.25, -0.2) is 8.78 Å². The van der Waals surface area contributed by atoms with E-state index in [1.807, 2.05) is 24.3 Å². The Balaban J connectivity index is 1.14. The Bertz CT molecular complexity index is 1240. The van der Waals surface area contributed by atoms with Crippen molar-refractivity contribution in [2.24, 2.45) is 11.3 Å². The van der Waals surface area contributed by atoms with Crippen LogP contribution in [0, 0.1) is 23.0 Å². The molecule has 1 aromatic heterocycles. The van der Waals surface area contributed by atoms with E-state index in [1.165, 1.54) is 11.6 Å². The smallest absolute Gasteiger partial charge is 0.320 e. The summed E-state index contributed by atoms with van der Waals surface area (Å²) in [5, 5.41) is 21.9. The van der Waals surface area contributed by atoms with Gasteiger partial charge in [0.2, 0.25) is 0 Å². The summed E-state index contributed by atoms with van der Waals surface area (Å²) < 4.78 is 31.6. The first-order chi connectivity index (χ1) is 16.8. The van der Waals surface area contributed by atoms with Crippen molar-refractivity contribution in [1.29, 1.82) is 0 Å². The summed E-state index contributed by atoms with van der Waals surface area (Å²) in [5.74, 6) is -3.31. The molecule has 0 atom stereocenters. The zero-order valence-corrected chi connectivity index (χ0v) is 18.8. The largest absolute Gasteiger partial charge is 0.481 e. The number of nitrogens with zero attached hydrogens (tertiary/aromatic N) is 2. The van der Waals surface area contributed by atoms with E-state index in [0.29, 0.717) is 11.6 Å². The highest BCUT2D eigenvalue weighted by Gasteiger charge is 2.48. The van der Waals surface area contributed by atoms with Crippen LogP contribution in [-0.2, 0) is 4.79 Å². The molecule has 2 fully saturated rings. The number of carbonyl (C=O) groups excluding carboxylic acids is 1. The van der Waals surface area contributed by atoms with Gasteiger partial charge in [0, 0.05) is 17.4 Å². The predicted octanol–water partition coefficient (Wildman–Crippen LogP) is 5.48. The van der Waals surface area contributed by atoms with Gasteiger partial charge in [0.15, 0.2) is 11.6 Å². The van der Waals surface area contributed by atoms with Crippen LogP contribution in [-0.4, -0.2) is 27.2 Å². The molecular weight excluding hydrogens is 458 g/mol. The maximum absolute atomic E-state index is 13.3. The number of carbonyl (C=O) groups is 2. The molecule has 35 heavy (non-hydrogen) atoms. The van der Waals surface area contributed by atoms with E-state index in [-0.39, 0.29) is 28.9 Å². The third-order valence-electron chi connectivity index (χ3n) is 7.18. The molecule has 0 bridgehead atoms. The fraction of sp³-hybridized carbons (Fsp3) is 0.360.